The Morgan fingerprint density at radius 3 is 2.33 bits per heavy atom. The van der Waals surface area contributed by atoms with Crippen LogP contribution in [0.2, 0.25) is 5.02 Å². The Morgan fingerprint density at radius 2 is 1.79 bits per heavy atom. The number of rotatable bonds is 10. The lowest BCUT2D eigenvalue weighted by Gasteiger charge is -2.30. The molecule has 1 aromatic heterocycles. The van der Waals surface area contributed by atoms with Crippen molar-refractivity contribution in [3.63, 3.8) is 0 Å². The normalized spacial score (nSPS) is 10.6. The molecule has 2 aromatic carbocycles. The fourth-order valence-corrected chi connectivity index (χ4v) is 4.85. The van der Waals surface area contributed by atoms with Gasteiger partial charge in [-0.05, 0) is 43.5 Å². The molecule has 1 unspecified atom stereocenters. The standard InChI is InChI=1S/C19H33N3O2.C7H5ClN2S.2C2H6/c1-6-9-10-15(7-2)13-22(8-3)18-12-17(21-14(4)23)16(20)11-19(18)24-5;8-4-1-2-5-6(3-4)11-7(9)10-5;2*1-2/h11-12,15H,6-10,13,20H2,1-5H3,(H,21,23);1-3H,(H2,9,10);2*1-2H3. The number of amides is 1. The minimum Gasteiger partial charge on any atom is -0.495 e. The van der Waals surface area contributed by atoms with E-state index in [1.165, 1.54) is 37.5 Å². The van der Waals surface area contributed by atoms with Gasteiger partial charge in [0.25, 0.3) is 0 Å². The Balaban J connectivity index is 0.000000791. The van der Waals surface area contributed by atoms with Crippen molar-refractivity contribution < 1.29 is 9.53 Å². The minimum absolute atomic E-state index is 0.129. The number of methoxy groups -OCH3 is 1. The molecular weight excluding hydrogens is 530 g/mol. The largest absolute Gasteiger partial charge is 0.495 e. The molecule has 220 valence electrons. The van der Waals surface area contributed by atoms with Crippen LogP contribution in [0.5, 0.6) is 5.75 Å². The quantitative estimate of drug-likeness (QED) is 0.207. The number of carbonyl (C=O) groups excluding carboxylic acids is 1. The third kappa shape index (κ3) is 12.3. The van der Waals surface area contributed by atoms with Gasteiger partial charge in [-0.15, -0.1) is 0 Å². The number of hydrogen-bond acceptors (Lipinski definition) is 7. The van der Waals surface area contributed by atoms with Gasteiger partial charge in [0, 0.05) is 31.1 Å². The summed E-state index contributed by atoms with van der Waals surface area (Å²) >= 11 is 7.21. The van der Waals surface area contributed by atoms with Gasteiger partial charge >= 0.3 is 0 Å². The molecule has 0 saturated heterocycles. The van der Waals surface area contributed by atoms with Gasteiger partial charge in [0.1, 0.15) is 5.75 Å². The van der Waals surface area contributed by atoms with Crippen LogP contribution in [0.25, 0.3) is 10.2 Å². The molecule has 0 saturated carbocycles. The lowest BCUT2D eigenvalue weighted by molar-refractivity contribution is -0.114. The Bertz CT molecular complexity index is 1110. The lowest BCUT2D eigenvalue weighted by Crippen LogP contribution is -2.29. The van der Waals surface area contributed by atoms with Crippen molar-refractivity contribution in [1.82, 2.24) is 4.98 Å². The number of unbranched alkanes of at least 4 members (excludes halogenated alkanes) is 1. The van der Waals surface area contributed by atoms with E-state index in [1.807, 2.05) is 52.0 Å². The second kappa shape index (κ2) is 20.2. The monoisotopic (exact) mass is 579 g/mol. The van der Waals surface area contributed by atoms with E-state index in [0.717, 1.165) is 46.2 Å². The van der Waals surface area contributed by atoms with Crippen molar-refractivity contribution in [1.29, 1.82) is 0 Å². The number of nitrogens with zero attached hydrogens (tertiary/aromatic N) is 2. The lowest BCUT2D eigenvalue weighted by atomic mass is 9.98. The third-order valence-corrected chi connectivity index (χ3v) is 6.86. The molecule has 0 aliphatic carbocycles. The molecule has 0 aliphatic rings. The number of benzene rings is 2. The van der Waals surface area contributed by atoms with Crippen molar-refractivity contribution in [3.8, 4) is 5.75 Å². The maximum atomic E-state index is 11.4. The first-order valence-electron chi connectivity index (χ1n) is 14.0. The van der Waals surface area contributed by atoms with Gasteiger partial charge in [0.2, 0.25) is 5.91 Å². The van der Waals surface area contributed by atoms with E-state index in [9.17, 15) is 4.79 Å². The molecule has 1 atom stereocenters. The number of hydrogen-bond donors (Lipinski definition) is 3. The molecule has 39 heavy (non-hydrogen) atoms. The maximum absolute atomic E-state index is 11.4. The molecule has 0 radical (unpaired) electrons. The van der Waals surface area contributed by atoms with E-state index < -0.39 is 0 Å². The third-order valence-electron chi connectivity index (χ3n) is 5.77. The zero-order valence-electron chi connectivity index (χ0n) is 25.4. The van der Waals surface area contributed by atoms with Gasteiger partial charge in [-0.3, -0.25) is 4.79 Å². The highest BCUT2D eigenvalue weighted by atomic mass is 35.5. The van der Waals surface area contributed by atoms with Crippen LogP contribution < -0.4 is 26.4 Å². The number of nitrogens with two attached hydrogens (primary N) is 2. The average Bonchev–Trinajstić information content (AvgIpc) is 3.31. The number of anilines is 4. The number of thiazole rings is 1. The van der Waals surface area contributed by atoms with Crippen LogP contribution in [-0.4, -0.2) is 31.1 Å². The van der Waals surface area contributed by atoms with Crippen molar-refractivity contribution >= 4 is 61.3 Å². The molecule has 1 amide bonds. The Labute approximate surface area is 245 Å². The number of aromatic nitrogens is 1. The van der Waals surface area contributed by atoms with Crippen molar-refractivity contribution in [3.05, 3.63) is 35.4 Å². The highest BCUT2D eigenvalue weighted by molar-refractivity contribution is 7.22. The highest BCUT2D eigenvalue weighted by Gasteiger charge is 2.18. The van der Waals surface area contributed by atoms with Crippen molar-refractivity contribution in [2.24, 2.45) is 5.92 Å². The van der Waals surface area contributed by atoms with Gasteiger partial charge in [-0.1, -0.05) is 83.7 Å². The number of fused-ring (bicyclic) bond motifs is 1. The fourth-order valence-electron chi connectivity index (χ4n) is 3.84. The summed E-state index contributed by atoms with van der Waals surface area (Å²) in [5.41, 5.74) is 14.6. The molecule has 0 spiro atoms. The summed E-state index contributed by atoms with van der Waals surface area (Å²) in [4.78, 5) is 17.8. The number of ether oxygens (including phenoxy) is 1. The summed E-state index contributed by atoms with van der Waals surface area (Å²) in [6.45, 7) is 18.0. The first-order valence-corrected chi connectivity index (χ1v) is 15.2. The molecule has 3 aromatic rings. The van der Waals surface area contributed by atoms with Crippen LogP contribution in [0.4, 0.5) is 22.2 Å². The van der Waals surface area contributed by atoms with E-state index in [1.54, 1.807) is 13.2 Å². The van der Waals surface area contributed by atoms with E-state index in [4.69, 9.17) is 27.8 Å². The summed E-state index contributed by atoms with van der Waals surface area (Å²) < 4.78 is 6.57. The van der Waals surface area contributed by atoms with Crippen LogP contribution >= 0.6 is 22.9 Å². The number of carbonyl (C=O) groups is 1. The van der Waals surface area contributed by atoms with Gasteiger partial charge in [-0.2, -0.15) is 0 Å². The average molecular weight is 580 g/mol. The Morgan fingerprint density at radius 1 is 1.13 bits per heavy atom. The molecule has 7 nitrogen and oxygen atoms in total. The predicted octanol–water partition coefficient (Wildman–Crippen LogP) is 8.86. The van der Waals surface area contributed by atoms with E-state index in [0.29, 0.717) is 22.4 Å². The van der Waals surface area contributed by atoms with Gasteiger partial charge in [-0.25, -0.2) is 4.98 Å². The van der Waals surface area contributed by atoms with E-state index in [-0.39, 0.29) is 5.91 Å². The molecule has 5 N–H and O–H groups in total. The van der Waals surface area contributed by atoms with Crippen LogP contribution in [0.3, 0.4) is 0 Å². The zero-order chi connectivity index (χ0) is 30.0. The molecular formula is C30H50ClN5O2S. The van der Waals surface area contributed by atoms with E-state index >= 15 is 0 Å². The second-order valence-electron chi connectivity index (χ2n) is 8.41. The van der Waals surface area contributed by atoms with Crippen LogP contribution in [0.15, 0.2) is 30.3 Å². The Kier molecular flexibility index (Phi) is 18.8. The highest BCUT2D eigenvalue weighted by Crippen LogP contribution is 2.36. The van der Waals surface area contributed by atoms with Crippen LogP contribution in [-0.2, 0) is 4.79 Å². The fraction of sp³-hybridized carbons (Fsp3) is 0.533. The molecule has 0 bridgehead atoms. The van der Waals surface area contributed by atoms with Gasteiger partial charge < -0.3 is 26.4 Å². The first kappa shape index (κ1) is 36.3. The molecule has 0 fully saturated rings. The zero-order valence-corrected chi connectivity index (χ0v) is 26.9. The summed E-state index contributed by atoms with van der Waals surface area (Å²) in [7, 11) is 1.65. The van der Waals surface area contributed by atoms with Crippen molar-refractivity contribution in [2.45, 2.75) is 81.1 Å². The van der Waals surface area contributed by atoms with Crippen LogP contribution in [0.1, 0.15) is 81.1 Å². The summed E-state index contributed by atoms with van der Waals surface area (Å²) in [6, 6.07) is 9.25. The van der Waals surface area contributed by atoms with Crippen molar-refractivity contribution in [2.75, 3.05) is 41.9 Å². The molecule has 0 aliphatic heterocycles. The smallest absolute Gasteiger partial charge is 0.221 e. The van der Waals surface area contributed by atoms with Gasteiger partial charge in [0.05, 0.1) is 34.4 Å². The molecule has 3 rings (SSSR count). The maximum Gasteiger partial charge on any atom is 0.221 e. The Hall–Kier alpha value is -2.71. The number of nitrogens with one attached hydrogen (secondary N) is 1. The summed E-state index contributed by atoms with van der Waals surface area (Å²) in [5, 5.41) is 4.11. The minimum atomic E-state index is -0.129. The second-order valence-corrected chi connectivity index (χ2v) is 9.91. The first-order chi connectivity index (χ1) is 18.7. The number of nitrogen functional groups attached to an aromatic ring is 2. The predicted molar refractivity (Wildman–Crippen MR) is 175 cm³/mol. The van der Waals surface area contributed by atoms with Crippen LogP contribution in [0, 0.1) is 5.92 Å². The summed E-state index contributed by atoms with van der Waals surface area (Å²) in [6.07, 6.45) is 4.87. The number of halogens is 1. The van der Waals surface area contributed by atoms with E-state index in [2.05, 4.69) is 36.0 Å². The summed E-state index contributed by atoms with van der Waals surface area (Å²) in [5.74, 6) is 1.26. The topological polar surface area (TPSA) is 106 Å². The SMILES string of the molecule is CC.CC.CCCCC(CC)CN(CC)c1cc(NC(C)=O)c(N)cc1OC.Nc1nc2ccc(Cl)cc2s1. The molecule has 1 heterocycles. The van der Waals surface area contributed by atoms with Gasteiger partial charge in [0.15, 0.2) is 5.13 Å². The molecule has 9 heteroatoms.